The number of halogens is 1. The Labute approximate surface area is 176 Å². The van der Waals surface area contributed by atoms with Crippen LogP contribution in [0, 0.1) is 0 Å². The lowest BCUT2D eigenvalue weighted by atomic mass is 10.0. The zero-order chi connectivity index (χ0) is 17.9. The molecular weight excluding hydrogens is 457 g/mol. The Bertz CT molecular complexity index is 680. The number of nitrogens with one attached hydrogen (secondary N) is 2. The first-order valence-electron chi connectivity index (χ1n) is 8.71. The Kier molecular flexibility index (Phi) is 11.2. The molecule has 0 heterocycles. The second-order valence-corrected chi connectivity index (χ2v) is 7.39. The minimum atomic E-state index is -0.991. The van der Waals surface area contributed by atoms with Crippen LogP contribution >= 0.6 is 24.0 Å². The molecule has 142 valence electrons. The third-order valence-electron chi connectivity index (χ3n) is 3.82. The summed E-state index contributed by atoms with van der Waals surface area (Å²) in [7, 11) is -0.991. The molecule has 0 aliphatic carbocycles. The molecule has 0 bridgehead atoms. The zero-order valence-electron chi connectivity index (χ0n) is 15.4. The number of rotatable bonds is 8. The van der Waals surface area contributed by atoms with Gasteiger partial charge in [0.15, 0.2) is 5.96 Å². The Hall–Kier alpha value is -1.41. The van der Waals surface area contributed by atoms with Gasteiger partial charge in [0.25, 0.3) is 0 Å². The summed E-state index contributed by atoms with van der Waals surface area (Å²) >= 11 is 0. The van der Waals surface area contributed by atoms with Gasteiger partial charge in [-0.1, -0.05) is 55.5 Å². The molecule has 2 atom stereocenters. The number of benzene rings is 2. The SMILES string of the molecule is CCNC(=NCC(C)c1ccccc1)NCCS(=O)c1ccccc1.I. The van der Waals surface area contributed by atoms with Crippen LogP contribution in [0.2, 0.25) is 0 Å². The first kappa shape index (κ1) is 22.6. The summed E-state index contributed by atoms with van der Waals surface area (Å²) in [6, 6.07) is 20.0. The van der Waals surface area contributed by atoms with Crippen molar-refractivity contribution in [2.75, 3.05) is 25.4 Å². The van der Waals surface area contributed by atoms with E-state index in [-0.39, 0.29) is 24.0 Å². The molecule has 0 aliphatic rings. The predicted molar refractivity (Wildman–Crippen MR) is 122 cm³/mol. The van der Waals surface area contributed by atoms with Crippen LogP contribution in [-0.4, -0.2) is 35.6 Å². The van der Waals surface area contributed by atoms with Crippen molar-refractivity contribution >= 4 is 40.7 Å². The van der Waals surface area contributed by atoms with Gasteiger partial charge in [-0.3, -0.25) is 9.20 Å². The zero-order valence-corrected chi connectivity index (χ0v) is 18.5. The molecular formula is C20H28IN3OS. The van der Waals surface area contributed by atoms with Gasteiger partial charge in [0, 0.05) is 36.2 Å². The van der Waals surface area contributed by atoms with E-state index in [0.717, 1.165) is 17.4 Å². The minimum Gasteiger partial charge on any atom is -0.357 e. The monoisotopic (exact) mass is 485 g/mol. The summed E-state index contributed by atoms with van der Waals surface area (Å²) in [6.45, 7) is 6.34. The fourth-order valence-corrected chi connectivity index (χ4v) is 3.39. The molecule has 0 amide bonds. The maximum atomic E-state index is 12.2. The highest BCUT2D eigenvalue weighted by Crippen LogP contribution is 2.14. The fraction of sp³-hybridized carbons (Fsp3) is 0.350. The molecule has 0 saturated carbocycles. The molecule has 4 nitrogen and oxygen atoms in total. The third kappa shape index (κ3) is 7.86. The molecule has 0 radical (unpaired) electrons. The summed E-state index contributed by atoms with van der Waals surface area (Å²) < 4.78 is 12.2. The maximum absolute atomic E-state index is 12.2. The van der Waals surface area contributed by atoms with E-state index >= 15 is 0 Å². The van der Waals surface area contributed by atoms with Gasteiger partial charge >= 0.3 is 0 Å². The lowest BCUT2D eigenvalue weighted by Crippen LogP contribution is -2.39. The summed E-state index contributed by atoms with van der Waals surface area (Å²) in [4.78, 5) is 5.52. The van der Waals surface area contributed by atoms with E-state index in [2.05, 4.69) is 46.8 Å². The Morgan fingerprint density at radius 1 is 1.04 bits per heavy atom. The highest BCUT2D eigenvalue weighted by molar-refractivity contribution is 14.0. The summed E-state index contributed by atoms with van der Waals surface area (Å²) in [6.07, 6.45) is 0. The number of nitrogens with zero attached hydrogens (tertiary/aromatic N) is 1. The topological polar surface area (TPSA) is 53.5 Å². The molecule has 6 heteroatoms. The Morgan fingerprint density at radius 3 is 2.27 bits per heavy atom. The van der Waals surface area contributed by atoms with Gasteiger partial charge in [-0.15, -0.1) is 24.0 Å². The van der Waals surface area contributed by atoms with Crippen LogP contribution < -0.4 is 10.6 Å². The van der Waals surface area contributed by atoms with Gasteiger partial charge in [0.2, 0.25) is 0 Å². The molecule has 0 spiro atoms. The van der Waals surface area contributed by atoms with Crippen molar-refractivity contribution in [2.45, 2.75) is 24.7 Å². The molecule has 2 aromatic rings. The summed E-state index contributed by atoms with van der Waals surface area (Å²) in [5, 5.41) is 6.52. The lowest BCUT2D eigenvalue weighted by Gasteiger charge is -2.13. The number of aliphatic imine (C=N–C) groups is 1. The molecule has 2 rings (SSSR count). The van der Waals surface area contributed by atoms with Crippen molar-refractivity contribution in [3.8, 4) is 0 Å². The van der Waals surface area contributed by atoms with E-state index in [1.54, 1.807) is 0 Å². The third-order valence-corrected chi connectivity index (χ3v) is 5.19. The van der Waals surface area contributed by atoms with Gasteiger partial charge in [-0.25, -0.2) is 0 Å². The van der Waals surface area contributed by atoms with E-state index in [1.165, 1.54) is 5.56 Å². The van der Waals surface area contributed by atoms with Crippen molar-refractivity contribution in [2.24, 2.45) is 4.99 Å². The van der Waals surface area contributed by atoms with Crippen LogP contribution in [-0.2, 0) is 10.8 Å². The fourth-order valence-electron chi connectivity index (χ4n) is 2.41. The van der Waals surface area contributed by atoms with Crippen LogP contribution in [0.1, 0.15) is 25.3 Å². The van der Waals surface area contributed by atoms with Gasteiger partial charge in [-0.05, 0) is 24.6 Å². The largest absolute Gasteiger partial charge is 0.357 e. The highest BCUT2D eigenvalue weighted by Gasteiger charge is 2.06. The van der Waals surface area contributed by atoms with E-state index < -0.39 is 10.8 Å². The summed E-state index contributed by atoms with van der Waals surface area (Å²) in [5.41, 5.74) is 1.28. The van der Waals surface area contributed by atoms with E-state index in [1.807, 2.05) is 43.3 Å². The van der Waals surface area contributed by atoms with Crippen molar-refractivity contribution < 1.29 is 4.21 Å². The molecule has 2 unspecified atom stereocenters. The second-order valence-electron chi connectivity index (χ2n) is 5.82. The number of guanidine groups is 1. The molecule has 0 aromatic heterocycles. The van der Waals surface area contributed by atoms with Crippen molar-refractivity contribution in [3.63, 3.8) is 0 Å². The Balaban J connectivity index is 0.00000338. The first-order valence-corrected chi connectivity index (χ1v) is 10.0. The van der Waals surface area contributed by atoms with E-state index in [0.29, 0.717) is 24.8 Å². The van der Waals surface area contributed by atoms with Crippen molar-refractivity contribution in [1.29, 1.82) is 0 Å². The smallest absolute Gasteiger partial charge is 0.191 e. The van der Waals surface area contributed by atoms with Crippen LogP contribution in [0.4, 0.5) is 0 Å². The van der Waals surface area contributed by atoms with Gasteiger partial charge in [0.1, 0.15) is 0 Å². The van der Waals surface area contributed by atoms with Gasteiger partial charge in [0.05, 0.1) is 10.8 Å². The van der Waals surface area contributed by atoms with Gasteiger partial charge in [-0.2, -0.15) is 0 Å². The van der Waals surface area contributed by atoms with Crippen LogP contribution in [0.3, 0.4) is 0 Å². The summed E-state index contributed by atoms with van der Waals surface area (Å²) in [5.74, 6) is 1.69. The average Bonchev–Trinajstić information content (AvgIpc) is 2.67. The van der Waals surface area contributed by atoms with Crippen molar-refractivity contribution in [3.05, 3.63) is 66.2 Å². The normalized spacial score (nSPS) is 13.4. The van der Waals surface area contributed by atoms with Crippen molar-refractivity contribution in [1.82, 2.24) is 10.6 Å². The predicted octanol–water partition coefficient (Wildman–Crippen LogP) is 3.77. The van der Waals surface area contributed by atoms with Crippen LogP contribution in [0.25, 0.3) is 0 Å². The highest BCUT2D eigenvalue weighted by atomic mass is 127. The minimum absolute atomic E-state index is 0. The molecule has 2 aromatic carbocycles. The van der Waals surface area contributed by atoms with Crippen LogP contribution in [0.15, 0.2) is 70.6 Å². The Morgan fingerprint density at radius 2 is 1.65 bits per heavy atom. The quantitative estimate of drug-likeness (QED) is 0.340. The number of hydrogen-bond acceptors (Lipinski definition) is 2. The molecule has 26 heavy (non-hydrogen) atoms. The number of hydrogen-bond donors (Lipinski definition) is 2. The molecule has 2 N–H and O–H groups in total. The van der Waals surface area contributed by atoms with Gasteiger partial charge < -0.3 is 10.6 Å². The average molecular weight is 485 g/mol. The second kappa shape index (κ2) is 12.9. The van der Waals surface area contributed by atoms with Crippen LogP contribution in [0.5, 0.6) is 0 Å². The van der Waals surface area contributed by atoms with E-state index in [4.69, 9.17) is 0 Å². The standard InChI is InChI=1S/C20H27N3OS.HI/c1-3-21-20(23-16-17(2)18-10-6-4-7-11-18)22-14-15-25(24)19-12-8-5-9-13-19;/h4-13,17H,3,14-16H2,1-2H3,(H2,21,22,23);1H. The van der Waals surface area contributed by atoms with E-state index in [9.17, 15) is 4.21 Å². The first-order chi connectivity index (χ1) is 12.2. The molecule has 0 fully saturated rings. The molecule has 0 aliphatic heterocycles. The lowest BCUT2D eigenvalue weighted by molar-refractivity contribution is 0.681. The molecule has 0 saturated heterocycles. The maximum Gasteiger partial charge on any atom is 0.191 e.